The lowest BCUT2D eigenvalue weighted by Crippen LogP contribution is -2.41. The van der Waals surface area contributed by atoms with Crippen molar-refractivity contribution in [3.05, 3.63) is 39.6 Å². The SMILES string of the molecule is CNCC(=Cc1ccc(F)c(C)c1Cl)B1OC(C)(C)C(C)(C)O1. The van der Waals surface area contributed by atoms with E-state index < -0.39 is 18.3 Å². The molecule has 1 aromatic rings. The van der Waals surface area contributed by atoms with Crippen LogP contribution in [0.5, 0.6) is 0 Å². The van der Waals surface area contributed by atoms with E-state index in [-0.39, 0.29) is 5.82 Å². The minimum atomic E-state index is -0.464. The third-order valence-electron chi connectivity index (χ3n) is 4.63. The molecule has 3 nitrogen and oxygen atoms in total. The Hall–Kier alpha value is -0.875. The van der Waals surface area contributed by atoms with Gasteiger partial charge in [0, 0.05) is 12.1 Å². The van der Waals surface area contributed by atoms with Crippen molar-refractivity contribution in [3.63, 3.8) is 0 Å². The topological polar surface area (TPSA) is 30.5 Å². The van der Waals surface area contributed by atoms with E-state index in [1.54, 1.807) is 13.0 Å². The van der Waals surface area contributed by atoms with Gasteiger partial charge < -0.3 is 14.6 Å². The Morgan fingerprint density at radius 2 is 1.83 bits per heavy atom. The number of hydrogen-bond donors (Lipinski definition) is 1. The number of hydrogen-bond acceptors (Lipinski definition) is 3. The second-order valence-electron chi connectivity index (χ2n) is 6.91. The van der Waals surface area contributed by atoms with Gasteiger partial charge in [-0.3, -0.25) is 0 Å². The van der Waals surface area contributed by atoms with E-state index in [9.17, 15) is 4.39 Å². The van der Waals surface area contributed by atoms with Crippen molar-refractivity contribution in [2.24, 2.45) is 0 Å². The number of benzene rings is 1. The molecule has 0 atom stereocenters. The first kappa shape index (κ1) is 18.5. The lowest BCUT2D eigenvalue weighted by atomic mass is 9.77. The summed E-state index contributed by atoms with van der Waals surface area (Å²) in [5.41, 5.74) is 1.29. The van der Waals surface area contributed by atoms with Crippen LogP contribution in [0, 0.1) is 12.7 Å². The summed E-state index contributed by atoms with van der Waals surface area (Å²) in [5, 5.41) is 3.53. The smallest absolute Gasteiger partial charge is 0.400 e. The molecule has 2 rings (SSSR count). The van der Waals surface area contributed by atoms with Gasteiger partial charge in [0.2, 0.25) is 0 Å². The van der Waals surface area contributed by atoms with E-state index >= 15 is 0 Å². The summed E-state index contributed by atoms with van der Waals surface area (Å²) >= 11 is 6.27. The molecule has 6 heteroatoms. The second kappa shape index (κ2) is 6.56. The van der Waals surface area contributed by atoms with Crippen molar-refractivity contribution >= 4 is 24.8 Å². The third-order valence-corrected chi connectivity index (χ3v) is 5.13. The summed E-state index contributed by atoms with van der Waals surface area (Å²) in [7, 11) is 1.39. The molecule has 0 aromatic heterocycles. The van der Waals surface area contributed by atoms with E-state index in [0.717, 1.165) is 11.0 Å². The Kier molecular flexibility index (Phi) is 5.26. The Morgan fingerprint density at radius 1 is 1.26 bits per heavy atom. The molecule has 0 spiro atoms. The molecule has 1 fully saturated rings. The minimum Gasteiger partial charge on any atom is -0.400 e. The van der Waals surface area contributed by atoms with Gasteiger partial charge in [-0.2, -0.15) is 0 Å². The summed E-state index contributed by atoms with van der Waals surface area (Å²) in [6.07, 6.45) is 1.91. The van der Waals surface area contributed by atoms with Crippen LogP contribution in [0.1, 0.15) is 38.8 Å². The van der Waals surface area contributed by atoms with Crippen LogP contribution in [0.4, 0.5) is 4.39 Å². The fourth-order valence-electron chi connectivity index (χ4n) is 2.39. The standard InChI is InChI=1S/C17H24BClFNO2/c1-11-14(20)8-7-12(15(11)19)9-13(10-21-6)18-22-16(2,3)17(4,5)23-18/h7-9,21H,10H2,1-6H3. The molecule has 0 aliphatic carbocycles. The molecule has 1 heterocycles. The Bertz CT molecular complexity index is 615. The summed E-state index contributed by atoms with van der Waals surface area (Å²) in [4.78, 5) is 0. The van der Waals surface area contributed by atoms with E-state index in [1.807, 2.05) is 40.8 Å². The molecule has 0 radical (unpaired) electrons. The zero-order valence-electron chi connectivity index (χ0n) is 14.6. The van der Waals surface area contributed by atoms with Crippen molar-refractivity contribution in [2.45, 2.75) is 45.8 Å². The molecule has 23 heavy (non-hydrogen) atoms. The Balaban J connectivity index is 2.38. The largest absolute Gasteiger partial charge is 0.491 e. The predicted molar refractivity (Wildman–Crippen MR) is 94.1 cm³/mol. The van der Waals surface area contributed by atoms with Crippen LogP contribution in [0.15, 0.2) is 17.6 Å². The Morgan fingerprint density at radius 3 is 2.35 bits per heavy atom. The normalized spacial score (nSPS) is 20.2. The van der Waals surface area contributed by atoms with Crippen molar-refractivity contribution in [1.29, 1.82) is 0 Å². The quantitative estimate of drug-likeness (QED) is 0.840. The van der Waals surface area contributed by atoms with Gasteiger partial charge in [0.25, 0.3) is 0 Å². The van der Waals surface area contributed by atoms with Crippen molar-refractivity contribution in [2.75, 3.05) is 13.6 Å². The van der Waals surface area contributed by atoms with Crippen LogP contribution in [0.3, 0.4) is 0 Å². The highest BCUT2D eigenvalue weighted by Crippen LogP contribution is 2.39. The van der Waals surface area contributed by atoms with E-state index in [1.165, 1.54) is 6.07 Å². The number of halogens is 2. The predicted octanol–water partition coefficient (Wildman–Crippen LogP) is 4.02. The lowest BCUT2D eigenvalue weighted by molar-refractivity contribution is 0.00578. The molecule has 0 amide bonds. The van der Waals surface area contributed by atoms with Crippen molar-refractivity contribution < 1.29 is 13.7 Å². The first-order valence-corrected chi connectivity index (χ1v) is 8.12. The monoisotopic (exact) mass is 339 g/mol. The van der Waals surface area contributed by atoms with Crippen LogP contribution in [-0.2, 0) is 9.31 Å². The molecule has 1 aliphatic rings. The maximum atomic E-state index is 13.6. The average Bonchev–Trinajstić information content (AvgIpc) is 2.67. The fourth-order valence-corrected chi connectivity index (χ4v) is 2.60. The third kappa shape index (κ3) is 3.63. The van der Waals surface area contributed by atoms with Crippen LogP contribution in [0.2, 0.25) is 5.02 Å². The summed E-state index contributed by atoms with van der Waals surface area (Å²) in [5.74, 6) is -0.307. The first-order chi connectivity index (χ1) is 10.6. The molecule has 1 aromatic carbocycles. The average molecular weight is 340 g/mol. The highest BCUT2D eigenvalue weighted by Gasteiger charge is 2.52. The summed E-state index contributed by atoms with van der Waals surface area (Å²) < 4.78 is 25.8. The fraction of sp³-hybridized carbons (Fsp3) is 0.529. The Labute approximate surface area is 143 Å². The van der Waals surface area contributed by atoms with Gasteiger partial charge in [-0.1, -0.05) is 23.7 Å². The van der Waals surface area contributed by atoms with E-state index in [4.69, 9.17) is 20.9 Å². The molecule has 0 saturated carbocycles. The summed E-state index contributed by atoms with van der Waals surface area (Å²) in [6, 6.07) is 3.10. The van der Waals surface area contributed by atoms with Gasteiger partial charge in [-0.15, -0.1) is 0 Å². The molecule has 1 aliphatic heterocycles. The van der Waals surface area contributed by atoms with Crippen LogP contribution >= 0.6 is 11.6 Å². The molecule has 0 unspecified atom stereocenters. The zero-order chi connectivity index (χ0) is 17.4. The van der Waals surface area contributed by atoms with Crippen LogP contribution in [-0.4, -0.2) is 31.9 Å². The van der Waals surface area contributed by atoms with Gasteiger partial charge in [0.1, 0.15) is 5.82 Å². The molecule has 1 N–H and O–H groups in total. The van der Waals surface area contributed by atoms with Gasteiger partial charge in [0.15, 0.2) is 0 Å². The number of rotatable bonds is 4. The van der Waals surface area contributed by atoms with Gasteiger partial charge in [0.05, 0.1) is 16.2 Å². The number of likely N-dealkylation sites (N-methyl/N-ethyl adjacent to an activating group) is 1. The van der Waals surface area contributed by atoms with Crippen molar-refractivity contribution in [3.8, 4) is 0 Å². The highest BCUT2D eigenvalue weighted by atomic mass is 35.5. The van der Waals surface area contributed by atoms with Crippen LogP contribution < -0.4 is 5.32 Å². The minimum absolute atomic E-state index is 0.307. The molecule has 1 saturated heterocycles. The maximum absolute atomic E-state index is 13.6. The van der Waals surface area contributed by atoms with Gasteiger partial charge >= 0.3 is 7.12 Å². The maximum Gasteiger partial charge on any atom is 0.491 e. The first-order valence-electron chi connectivity index (χ1n) is 7.74. The highest BCUT2D eigenvalue weighted by molar-refractivity contribution is 6.56. The molecular weight excluding hydrogens is 315 g/mol. The molecule has 126 valence electrons. The van der Waals surface area contributed by atoms with Crippen molar-refractivity contribution in [1.82, 2.24) is 5.32 Å². The second-order valence-corrected chi connectivity index (χ2v) is 7.29. The summed E-state index contributed by atoms with van der Waals surface area (Å²) in [6.45, 7) is 10.3. The van der Waals surface area contributed by atoms with E-state index in [2.05, 4.69) is 5.32 Å². The molecular formula is C17H24BClFNO2. The van der Waals surface area contributed by atoms with Gasteiger partial charge in [-0.25, -0.2) is 4.39 Å². The molecule has 0 bridgehead atoms. The van der Waals surface area contributed by atoms with Crippen LogP contribution in [0.25, 0.3) is 6.08 Å². The zero-order valence-corrected chi connectivity index (χ0v) is 15.3. The van der Waals surface area contributed by atoms with Gasteiger partial charge in [-0.05, 0) is 58.8 Å². The number of nitrogens with one attached hydrogen (secondary N) is 1. The van der Waals surface area contributed by atoms with E-state index in [0.29, 0.717) is 17.1 Å². The lowest BCUT2D eigenvalue weighted by Gasteiger charge is -2.32.